The van der Waals surface area contributed by atoms with E-state index in [2.05, 4.69) is 36.3 Å². The van der Waals surface area contributed by atoms with Gasteiger partial charge in [-0.3, -0.25) is 0 Å². The molecule has 4 aromatic rings. The lowest BCUT2D eigenvalue weighted by Crippen LogP contribution is -2.36. The zero-order valence-electron chi connectivity index (χ0n) is 18.1. The smallest absolute Gasteiger partial charge is 0.227 e. The van der Waals surface area contributed by atoms with Gasteiger partial charge in [0.15, 0.2) is 0 Å². The zero-order chi connectivity index (χ0) is 22.6. The Morgan fingerprint density at radius 1 is 1.00 bits per heavy atom. The minimum Gasteiger partial charge on any atom is -0.378 e. The Bertz CT molecular complexity index is 1300. The number of ether oxygens (including phenoxy) is 1. The average molecular weight is 438 g/mol. The molecule has 0 amide bonds. The van der Waals surface area contributed by atoms with Crippen LogP contribution in [0.3, 0.4) is 0 Å². The maximum absolute atomic E-state index is 9.76. The number of aryl methyl sites for hydroxylation is 1. The van der Waals surface area contributed by atoms with Gasteiger partial charge in [-0.25, -0.2) is 19.6 Å². The van der Waals surface area contributed by atoms with Crippen molar-refractivity contribution in [2.45, 2.75) is 6.92 Å². The van der Waals surface area contributed by atoms with Gasteiger partial charge in [0.2, 0.25) is 5.95 Å². The fourth-order valence-corrected chi connectivity index (χ4v) is 3.73. The molecule has 0 saturated carbocycles. The Balaban J connectivity index is 1.36. The molecule has 164 valence electrons. The summed E-state index contributed by atoms with van der Waals surface area (Å²) in [5.74, 6) is 1.18. The standard InChI is InChI=1S/C24H22N8O/c1-17-27-16-32(30-17)20-4-2-19(3-5-20)28-24-26-9-8-23(29-24)22-7-6-21(14-18(22)15-25)31-10-12-33-13-11-31/h2-9,14,16H,10-13H2,1H3,(H,26,28,29). The van der Waals surface area contributed by atoms with Crippen LogP contribution in [0.2, 0.25) is 0 Å². The highest BCUT2D eigenvalue weighted by atomic mass is 16.5. The highest BCUT2D eigenvalue weighted by Gasteiger charge is 2.15. The van der Waals surface area contributed by atoms with E-state index < -0.39 is 0 Å². The Morgan fingerprint density at radius 2 is 1.79 bits per heavy atom. The summed E-state index contributed by atoms with van der Waals surface area (Å²) in [6.45, 7) is 4.89. The van der Waals surface area contributed by atoms with Crippen molar-refractivity contribution < 1.29 is 4.74 Å². The third kappa shape index (κ3) is 4.51. The van der Waals surface area contributed by atoms with Gasteiger partial charge in [0.25, 0.3) is 0 Å². The fraction of sp³-hybridized carbons (Fsp3) is 0.208. The molecule has 0 unspecified atom stereocenters. The first-order chi connectivity index (χ1) is 16.2. The van der Waals surface area contributed by atoms with Gasteiger partial charge < -0.3 is 15.0 Å². The molecular weight excluding hydrogens is 416 g/mol. The molecule has 1 aliphatic heterocycles. The van der Waals surface area contributed by atoms with Gasteiger partial charge in [0.1, 0.15) is 12.2 Å². The van der Waals surface area contributed by atoms with Gasteiger partial charge in [-0.1, -0.05) is 0 Å². The van der Waals surface area contributed by atoms with Crippen molar-refractivity contribution in [3.05, 3.63) is 72.4 Å². The maximum atomic E-state index is 9.76. The largest absolute Gasteiger partial charge is 0.378 e. The first kappa shape index (κ1) is 20.6. The van der Waals surface area contributed by atoms with Crippen LogP contribution in [-0.4, -0.2) is 51.0 Å². The lowest BCUT2D eigenvalue weighted by molar-refractivity contribution is 0.122. The van der Waals surface area contributed by atoms with E-state index in [9.17, 15) is 5.26 Å². The predicted molar refractivity (Wildman–Crippen MR) is 125 cm³/mol. The molecule has 0 atom stereocenters. The van der Waals surface area contributed by atoms with Crippen molar-refractivity contribution in [2.75, 3.05) is 36.5 Å². The molecule has 2 aromatic carbocycles. The molecule has 3 heterocycles. The van der Waals surface area contributed by atoms with E-state index in [4.69, 9.17) is 4.74 Å². The van der Waals surface area contributed by atoms with Crippen LogP contribution < -0.4 is 10.2 Å². The zero-order valence-corrected chi connectivity index (χ0v) is 18.1. The topological polar surface area (TPSA) is 105 Å². The monoisotopic (exact) mass is 438 g/mol. The summed E-state index contributed by atoms with van der Waals surface area (Å²) < 4.78 is 7.15. The second-order valence-corrected chi connectivity index (χ2v) is 7.61. The summed E-state index contributed by atoms with van der Waals surface area (Å²) in [4.78, 5) is 15.4. The van der Waals surface area contributed by atoms with Gasteiger partial charge in [-0.2, -0.15) is 10.4 Å². The van der Waals surface area contributed by atoms with Crippen molar-refractivity contribution in [1.82, 2.24) is 24.7 Å². The summed E-state index contributed by atoms with van der Waals surface area (Å²) >= 11 is 0. The average Bonchev–Trinajstić information content (AvgIpc) is 3.31. The second-order valence-electron chi connectivity index (χ2n) is 7.61. The number of anilines is 3. The molecule has 0 bridgehead atoms. The number of hydrogen-bond acceptors (Lipinski definition) is 8. The van der Waals surface area contributed by atoms with Crippen molar-refractivity contribution >= 4 is 17.3 Å². The summed E-state index contributed by atoms with van der Waals surface area (Å²) in [5, 5.41) is 17.3. The summed E-state index contributed by atoms with van der Waals surface area (Å²) in [5.41, 5.74) is 4.82. The van der Waals surface area contributed by atoms with Crippen LogP contribution in [-0.2, 0) is 4.74 Å². The van der Waals surface area contributed by atoms with E-state index in [1.807, 2.05) is 55.5 Å². The number of rotatable bonds is 5. The van der Waals surface area contributed by atoms with Crippen molar-refractivity contribution in [1.29, 1.82) is 5.26 Å². The van der Waals surface area contributed by atoms with Gasteiger partial charge >= 0.3 is 0 Å². The third-order valence-corrected chi connectivity index (χ3v) is 5.43. The summed E-state index contributed by atoms with van der Waals surface area (Å²) in [6.07, 6.45) is 3.37. The van der Waals surface area contributed by atoms with Crippen LogP contribution in [0.5, 0.6) is 0 Å². The van der Waals surface area contributed by atoms with Gasteiger partial charge in [0.05, 0.1) is 36.2 Å². The Kier molecular flexibility index (Phi) is 5.66. The molecular formula is C24H22N8O. The van der Waals surface area contributed by atoms with E-state index in [1.165, 1.54) is 0 Å². The fourth-order valence-electron chi connectivity index (χ4n) is 3.73. The van der Waals surface area contributed by atoms with Crippen LogP contribution in [0.15, 0.2) is 61.1 Å². The highest BCUT2D eigenvalue weighted by Crippen LogP contribution is 2.28. The van der Waals surface area contributed by atoms with Crippen LogP contribution in [0.25, 0.3) is 16.9 Å². The third-order valence-electron chi connectivity index (χ3n) is 5.43. The van der Waals surface area contributed by atoms with E-state index in [0.29, 0.717) is 30.4 Å². The molecule has 1 saturated heterocycles. The number of nitrogens with one attached hydrogen (secondary N) is 1. The molecule has 0 spiro atoms. The highest BCUT2D eigenvalue weighted by molar-refractivity contribution is 5.72. The summed E-state index contributed by atoms with van der Waals surface area (Å²) in [6, 6.07) is 17.8. The number of hydrogen-bond donors (Lipinski definition) is 1. The normalized spacial score (nSPS) is 13.5. The Labute approximate surface area is 191 Å². The van der Waals surface area contributed by atoms with Crippen LogP contribution in [0.1, 0.15) is 11.4 Å². The Hall–Kier alpha value is -4.29. The maximum Gasteiger partial charge on any atom is 0.227 e. The first-order valence-corrected chi connectivity index (χ1v) is 10.7. The van der Waals surface area contributed by atoms with Crippen molar-refractivity contribution in [2.24, 2.45) is 0 Å². The van der Waals surface area contributed by atoms with Crippen molar-refractivity contribution in [3.63, 3.8) is 0 Å². The van der Waals surface area contributed by atoms with Crippen LogP contribution in [0, 0.1) is 18.3 Å². The molecule has 1 N–H and O–H groups in total. The van der Waals surface area contributed by atoms with Gasteiger partial charge in [-0.15, -0.1) is 0 Å². The SMILES string of the molecule is Cc1ncn(-c2ccc(Nc3nccc(-c4ccc(N5CCOCC5)cc4C#N)n3)cc2)n1. The number of morpholine rings is 1. The lowest BCUT2D eigenvalue weighted by atomic mass is 10.0. The van der Waals surface area contributed by atoms with Crippen LogP contribution in [0.4, 0.5) is 17.3 Å². The molecule has 9 nitrogen and oxygen atoms in total. The van der Waals surface area contributed by atoms with Crippen LogP contribution >= 0.6 is 0 Å². The predicted octanol–water partition coefficient (Wildman–Crippen LogP) is 3.48. The minimum atomic E-state index is 0.456. The van der Waals surface area contributed by atoms with Gasteiger partial charge in [0, 0.05) is 36.2 Å². The van der Waals surface area contributed by atoms with Gasteiger partial charge in [-0.05, 0) is 55.5 Å². The van der Waals surface area contributed by atoms with E-state index >= 15 is 0 Å². The number of aromatic nitrogens is 5. The van der Waals surface area contributed by atoms with E-state index in [0.717, 1.165) is 41.5 Å². The molecule has 0 aliphatic carbocycles. The number of nitriles is 1. The number of benzene rings is 2. The minimum absolute atomic E-state index is 0.456. The molecule has 2 aromatic heterocycles. The summed E-state index contributed by atoms with van der Waals surface area (Å²) in [7, 11) is 0. The van der Waals surface area contributed by atoms with E-state index in [1.54, 1.807) is 17.2 Å². The lowest BCUT2D eigenvalue weighted by Gasteiger charge is -2.29. The second kappa shape index (κ2) is 9.06. The molecule has 9 heteroatoms. The molecule has 1 fully saturated rings. The Morgan fingerprint density at radius 3 is 2.52 bits per heavy atom. The molecule has 1 aliphatic rings. The molecule has 0 radical (unpaired) electrons. The quantitative estimate of drug-likeness (QED) is 0.505. The first-order valence-electron chi connectivity index (χ1n) is 10.7. The molecule has 33 heavy (non-hydrogen) atoms. The molecule has 5 rings (SSSR count). The number of nitrogens with zero attached hydrogens (tertiary/aromatic N) is 7. The van der Waals surface area contributed by atoms with E-state index in [-0.39, 0.29) is 0 Å². The van der Waals surface area contributed by atoms with Crippen molar-refractivity contribution in [3.8, 4) is 23.0 Å².